The molecule has 1 aromatic carbocycles. The summed E-state index contributed by atoms with van der Waals surface area (Å²) in [6.45, 7) is 2.81. The van der Waals surface area contributed by atoms with Gasteiger partial charge in [-0.15, -0.1) is 11.3 Å². The van der Waals surface area contributed by atoms with E-state index in [0.717, 1.165) is 22.2 Å². The number of carbonyl (C=O) groups excluding carboxylic acids is 1. The van der Waals surface area contributed by atoms with Crippen molar-refractivity contribution in [1.82, 2.24) is 5.32 Å². The van der Waals surface area contributed by atoms with Crippen LogP contribution in [0, 0.1) is 12.8 Å². The Morgan fingerprint density at radius 1 is 1.50 bits per heavy atom. The molecule has 0 unspecified atom stereocenters. The van der Waals surface area contributed by atoms with E-state index in [-0.39, 0.29) is 5.91 Å². The zero-order valence-corrected chi connectivity index (χ0v) is 11.1. The van der Waals surface area contributed by atoms with Crippen molar-refractivity contribution in [3.8, 4) is 0 Å². The van der Waals surface area contributed by atoms with Crippen LogP contribution in [0.3, 0.4) is 0 Å². The fraction of sp³-hybridized carbons (Fsp3) is 0.357. The number of carbonyl (C=O) groups is 1. The van der Waals surface area contributed by atoms with E-state index in [2.05, 4.69) is 5.32 Å². The molecule has 1 saturated carbocycles. The number of fused-ring (bicyclic) bond motifs is 1. The Hall–Kier alpha value is -1.55. The van der Waals surface area contributed by atoms with Crippen molar-refractivity contribution in [2.45, 2.75) is 19.8 Å². The maximum absolute atomic E-state index is 12.1. The molecule has 94 valence electrons. The van der Waals surface area contributed by atoms with Gasteiger partial charge in [0, 0.05) is 16.6 Å². The molecule has 1 heterocycles. The van der Waals surface area contributed by atoms with Crippen LogP contribution in [0.15, 0.2) is 18.2 Å². The zero-order chi connectivity index (χ0) is 12.7. The summed E-state index contributed by atoms with van der Waals surface area (Å²) in [4.78, 5) is 12.7. The summed E-state index contributed by atoms with van der Waals surface area (Å²) in [5.41, 5.74) is 7.86. The predicted molar refractivity (Wildman–Crippen MR) is 76.0 cm³/mol. The van der Waals surface area contributed by atoms with E-state index < -0.39 is 0 Å². The van der Waals surface area contributed by atoms with Crippen LogP contribution >= 0.6 is 11.3 Å². The first kappa shape index (κ1) is 11.5. The first-order chi connectivity index (χ1) is 8.65. The second-order valence-corrected chi connectivity index (χ2v) is 6.05. The van der Waals surface area contributed by atoms with Crippen molar-refractivity contribution in [1.29, 1.82) is 0 Å². The van der Waals surface area contributed by atoms with Crippen molar-refractivity contribution in [2.24, 2.45) is 5.92 Å². The molecule has 3 nitrogen and oxygen atoms in total. The molecule has 4 heteroatoms. The number of benzene rings is 1. The van der Waals surface area contributed by atoms with Gasteiger partial charge in [-0.3, -0.25) is 4.79 Å². The third-order valence-corrected chi connectivity index (χ3v) is 4.52. The lowest BCUT2D eigenvalue weighted by Gasteiger charge is -2.02. The van der Waals surface area contributed by atoms with E-state index in [0.29, 0.717) is 16.5 Å². The SMILES string of the molecule is Cc1ccc2sc(C(=O)NCC3CC3)c(N)c2c1. The van der Waals surface area contributed by atoms with Gasteiger partial charge in [-0.2, -0.15) is 0 Å². The van der Waals surface area contributed by atoms with Crippen molar-refractivity contribution in [2.75, 3.05) is 12.3 Å². The van der Waals surface area contributed by atoms with Crippen LogP contribution in [-0.4, -0.2) is 12.5 Å². The first-order valence-corrected chi connectivity index (χ1v) is 7.03. The van der Waals surface area contributed by atoms with E-state index in [4.69, 9.17) is 5.73 Å². The Morgan fingerprint density at radius 2 is 2.28 bits per heavy atom. The number of aryl methyl sites for hydroxylation is 1. The minimum atomic E-state index is -0.0294. The molecule has 2 aromatic rings. The molecule has 1 amide bonds. The second kappa shape index (κ2) is 4.28. The average Bonchev–Trinajstić information content (AvgIpc) is 3.12. The van der Waals surface area contributed by atoms with Crippen molar-refractivity contribution >= 4 is 33.0 Å². The highest BCUT2D eigenvalue weighted by molar-refractivity contribution is 7.21. The average molecular weight is 260 g/mol. The molecule has 0 radical (unpaired) electrons. The quantitative estimate of drug-likeness (QED) is 0.891. The van der Waals surface area contributed by atoms with Crippen molar-refractivity contribution < 1.29 is 4.79 Å². The van der Waals surface area contributed by atoms with Gasteiger partial charge >= 0.3 is 0 Å². The summed E-state index contributed by atoms with van der Waals surface area (Å²) in [7, 11) is 0. The second-order valence-electron chi connectivity index (χ2n) is 5.00. The normalized spacial score (nSPS) is 14.9. The van der Waals surface area contributed by atoms with Crippen LogP contribution in [0.4, 0.5) is 5.69 Å². The van der Waals surface area contributed by atoms with Gasteiger partial charge in [0.25, 0.3) is 5.91 Å². The summed E-state index contributed by atoms with van der Waals surface area (Å²) in [6.07, 6.45) is 2.47. The molecule has 0 bridgehead atoms. The topological polar surface area (TPSA) is 55.1 Å². The van der Waals surface area contributed by atoms with E-state index >= 15 is 0 Å². The van der Waals surface area contributed by atoms with E-state index in [9.17, 15) is 4.79 Å². The smallest absolute Gasteiger partial charge is 0.263 e. The molecule has 0 spiro atoms. The maximum atomic E-state index is 12.1. The molecule has 0 saturated heterocycles. The number of hydrogen-bond acceptors (Lipinski definition) is 3. The predicted octanol–water partition coefficient (Wildman–Crippen LogP) is 2.93. The Balaban J connectivity index is 1.90. The summed E-state index contributed by atoms with van der Waals surface area (Å²) < 4.78 is 1.08. The van der Waals surface area contributed by atoms with Crippen molar-refractivity contribution in [3.05, 3.63) is 28.6 Å². The number of anilines is 1. The highest BCUT2D eigenvalue weighted by Gasteiger charge is 2.23. The van der Waals surface area contributed by atoms with Gasteiger partial charge in [-0.25, -0.2) is 0 Å². The summed E-state index contributed by atoms with van der Waals surface area (Å²) in [5, 5.41) is 3.97. The molecule has 1 fully saturated rings. The minimum Gasteiger partial charge on any atom is -0.397 e. The van der Waals surface area contributed by atoms with Crippen LogP contribution in [0.2, 0.25) is 0 Å². The number of nitrogens with one attached hydrogen (secondary N) is 1. The number of hydrogen-bond donors (Lipinski definition) is 2. The fourth-order valence-corrected chi connectivity index (χ4v) is 3.06. The Labute approximate surface area is 110 Å². The summed E-state index contributed by atoms with van der Waals surface area (Å²) >= 11 is 1.48. The first-order valence-electron chi connectivity index (χ1n) is 6.22. The van der Waals surface area contributed by atoms with Crippen molar-refractivity contribution in [3.63, 3.8) is 0 Å². The maximum Gasteiger partial charge on any atom is 0.263 e. The molecule has 1 aliphatic rings. The highest BCUT2D eigenvalue weighted by atomic mass is 32.1. The van der Waals surface area contributed by atoms with E-state index in [1.54, 1.807) is 0 Å². The summed E-state index contributed by atoms with van der Waals surface area (Å²) in [6, 6.07) is 6.12. The molecule has 1 aliphatic carbocycles. The van der Waals surface area contributed by atoms with Crippen LogP contribution < -0.4 is 11.1 Å². The third kappa shape index (κ3) is 2.08. The van der Waals surface area contributed by atoms with Gasteiger partial charge in [-0.05, 0) is 37.8 Å². The van der Waals surface area contributed by atoms with Crippen LogP contribution in [-0.2, 0) is 0 Å². The number of rotatable bonds is 3. The molecule has 18 heavy (non-hydrogen) atoms. The number of nitrogens with two attached hydrogens (primary N) is 1. The molecule has 3 rings (SSSR count). The number of nitrogen functional groups attached to an aromatic ring is 1. The zero-order valence-electron chi connectivity index (χ0n) is 10.3. The van der Waals surface area contributed by atoms with Gasteiger partial charge < -0.3 is 11.1 Å². The monoisotopic (exact) mass is 260 g/mol. The molecular weight excluding hydrogens is 244 g/mol. The standard InChI is InChI=1S/C14H16N2OS/c1-8-2-5-11-10(6-8)12(15)13(18-11)14(17)16-7-9-3-4-9/h2,5-6,9H,3-4,7,15H2,1H3,(H,16,17). The molecule has 3 N–H and O–H groups in total. The summed E-state index contributed by atoms with van der Waals surface area (Å²) in [5.74, 6) is 0.657. The molecule has 1 aromatic heterocycles. The van der Waals surface area contributed by atoms with E-state index in [1.165, 1.54) is 24.2 Å². The number of amides is 1. The van der Waals surface area contributed by atoms with Crippen LogP contribution in [0.25, 0.3) is 10.1 Å². The van der Waals surface area contributed by atoms with Gasteiger partial charge in [0.1, 0.15) is 4.88 Å². The minimum absolute atomic E-state index is 0.0294. The molecule has 0 aliphatic heterocycles. The van der Waals surface area contributed by atoms with Gasteiger partial charge in [-0.1, -0.05) is 11.6 Å². The highest BCUT2D eigenvalue weighted by Crippen LogP contribution is 2.34. The third-order valence-electron chi connectivity index (χ3n) is 3.34. The van der Waals surface area contributed by atoms with Crippen LogP contribution in [0.5, 0.6) is 0 Å². The Bertz CT molecular complexity index is 614. The Morgan fingerprint density at radius 3 is 3.00 bits per heavy atom. The lowest BCUT2D eigenvalue weighted by molar-refractivity contribution is 0.0956. The van der Waals surface area contributed by atoms with Gasteiger partial charge in [0.15, 0.2) is 0 Å². The van der Waals surface area contributed by atoms with Gasteiger partial charge in [0.05, 0.1) is 5.69 Å². The lowest BCUT2D eigenvalue weighted by atomic mass is 10.1. The molecular formula is C14H16N2OS. The number of thiophene rings is 1. The Kier molecular flexibility index (Phi) is 2.74. The lowest BCUT2D eigenvalue weighted by Crippen LogP contribution is -2.25. The molecule has 0 atom stereocenters. The van der Waals surface area contributed by atoms with Crippen LogP contribution in [0.1, 0.15) is 28.1 Å². The van der Waals surface area contributed by atoms with E-state index in [1.807, 2.05) is 25.1 Å². The van der Waals surface area contributed by atoms with Gasteiger partial charge in [0.2, 0.25) is 0 Å². The fourth-order valence-electron chi connectivity index (χ4n) is 2.04. The largest absolute Gasteiger partial charge is 0.397 e.